The molecule has 0 fully saturated rings. The van der Waals surface area contributed by atoms with Crippen molar-refractivity contribution < 1.29 is 9.53 Å². The number of hydrogen-bond donors (Lipinski definition) is 0. The minimum Gasteiger partial charge on any atom is -0.481 e. The van der Waals surface area contributed by atoms with Crippen LogP contribution in [0.4, 0.5) is 0 Å². The van der Waals surface area contributed by atoms with E-state index in [1.165, 1.54) is 0 Å². The van der Waals surface area contributed by atoms with Crippen LogP contribution in [0.25, 0.3) is 0 Å². The number of allylic oxidation sites excluding steroid dienone is 1. The molecule has 1 aliphatic rings. The zero-order chi connectivity index (χ0) is 18.9. The number of hydrazone groups is 1. The second-order valence-electron chi connectivity index (χ2n) is 6.08. The second-order valence-corrected chi connectivity index (χ2v) is 7.28. The summed E-state index contributed by atoms with van der Waals surface area (Å²) < 4.78 is 5.50. The van der Waals surface area contributed by atoms with Gasteiger partial charge < -0.3 is 4.74 Å². The fourth-order valence-electron chi connectivity index (χ4n) is 2.51. The van der Waals surface area contributed by atoms with Gasteiger partial charge in [-0.15, -0.1) is 11.3 Å². The lowest BCUT2D eigenvalue weighted by Crippen LogP contribution is -2.31. The van der Waals surface area contributed by atoms with Crippen molar-refractivity contribution in [2.75, 3.05) is 6.61 Å². The van der Waals surface area contributed by atoms with Crippen LogP contribution in [0.1, 0.15) is 63.3 Å². The summed E-state index contributed by atoms with van der Waals surface area (Å²) in [6.45, 7) is 9.23. The lowest BCUT2D eigenvalue weighted by molar-refractivity contribution is -0.132. The third-order valence-electron chi connectivity index (χ3n) is 3.98. The molecule has 0 saturated carbocycles. The Morgan fingerprint density at radius 3 is 2.85 bits per heavy atom. The van der Waals surface area contributed by atoms with E-state index in [9.17, 15) is 4.79 Å². The third kappa shape index (κ3) is 5.76. The van der Waals surface area contributed by atoms with Gasteiger partial charge in [0.15, 0.2) is 5.90 Å². The van der Waals surface area contributed by atoms with Crippen molar-refractivity contribution in [3.63, 3.8) is 0 Å². The van der Waals surface area contributed by atoms with Crippen LogP contribution in [0.2, 0.25) is 0 Å². The predicted octanol–water partition coefficient (Wildman–Crippen LogP) is 4.32. The number of thiazole rings is 1. The van der Waals surface area contributed by atoms with Gasteiger partial charge >= 0.3 is 0 Å². The summed E-state index contributed by atoms with van der Waals surface area (Å²) in [4.78, 5) is 22.1. The summed E-state index contributed by atoms with van der Waals surface area (Å²) in [5.74, 6) is 0.709. The number of rotatable bonds is 8. The Morgan fingerprint density at radius 2 is 2.19 bits per heavy atom. The zero-order valence-corrected chi connectivity index (χ0v) is 16.9. The minimum atomic E-state index is 0.0570. The van der Waals surface area contributed by atoms with E-state index < -0.39 is 0 Å². The van der Waals surface area contributed by atoms with E-state index in [1.807, 2.05) is 19.3 Å². The first-order valence-corrected chi connectivity index (χ1v) is 10.1. The van der Waals surface area contributed by atoms with Crippen molar-refractivity contribution in [1.82, 2.24) is 9.99 Å². The van der Waals surface area contributed by atoms with Crippen LogP contribution in [0.3, 0.4) is 0 Å². The monoisotopic (exact) mass is 376 g/mol. The Morgan fingerprint density at radius 1 is 1.38 bits per heavy atom. The van der Waals surface area contributed by atoms with Crippen molar-refractivity contribution in [2.45, 2.75) is 66.3 Å². The summed E-state index contributed by atoms with van der Waals surface area (Å²) in [5, 5.41) is 7.26. The van der Waals surface area contributed by atoms with Gasteiger partial charge in [-0.05, 0) is 24.8 Å². The third-order valence-corrected chi connectivity index (χ3v) is 5.11. The molecule has 0 bridgehead atoms. The quantitative estimate of drug-likeness (QED) is 0.501. The van der Waals surface area contributed by atoms with Crippen LogP contribution >= 0.6 is 11.3 Å². The fraction of sp³-hybridized carbons (Fsp3) is 0.579. The van der Waals surface area contributed by atoms with Gasteiger partial charge in [-0.25, -0.2) is 15.0 Å². The van der Waals surface area contributed by atoms with E-state index in [0.717, 1.165) is 40.4 Å². The average molecular weight is 377 g/mol. The number of carbonyl (C=O) groups excluding carboxylic acids is 1. The van der Waals surface area contributed by atoms with Gasteiger partial charge in [-0.3, -0.25) is 4.79 Å². The first-order chi connectivity index (χ1) is 12.6. The van der Waals surface area contributed by atoms with E-state index in [4.69, 9.17) is 4.74 Å². The van der Waals surface area contributed by atoms with Gasteiger partial charge in [0.2, 0.25) is 5.91 Å². The molecular formula is C19H28N4O2S. The number of aliphatic imine (C=N–C) groups is 1. The molecule has 1 aromatic heterocycles. The average Bonchev–Trinajstić information content (AvgIpc) is 3.10. The Bertz CT molecular complexity index is 706. The van der Waals surface area contributed by atoms with Crippen molar-refractivity contribution >= 4 is 28.9 Å². The first-order valence-electron chi connectivity index (χ1n) is 9.25. The summed E-state index contributed by atoms with van der Waals surface area (Å²) >= 11 is 1.64. The summed E-state index contributed by atoms with van der Waals surface area (Å²) in [6.07, 6.45) is 7.47. The largest absolute Gasteiger partial charge is 0.481 e. The minimum absolute atomic E-state index is 0.0570. The molecule has 1 amide bonds. The van der Waals surface area contributed by atoms with Crippen LogP contribution in [-0.4, -0.2) is 34.1 Å². The molecule has 0 radical (unpaired) electrons. The maximum absolute atomic E-state index is 12.3. The van der Waals surface area contributed by atoms with E-state index in [0.29, 0.717) is 31.9 Å². The smallest absolute Gasteiger partial charge is 0.243 e. The molecule has 6 nitrogen and oxygen atoms in total. The Labute approximate surface area is 159 Å². The highest BCUT2D eigenvalue weighted by molar-refractivity contribution is 7.11. The number of ether oxygens (including phenoxy) is 1. The van der Waals surface area contributed by atoms with Crippen molar-refractivity contribution in [1.29, 1.82) is 0 Å². The molecule has 0 unspecified atom stereocenters. The molecule has 0 saturated heterocycles. The van der Waals surface area contributed by atoms with Crippen LogP contribution in [-0.2, 0) is 22.5 Å². The highest BCUT2D eigenvalue weighted by atomic mass is 32.1. The molecule has 0 aliphatic carbocycles. The SMILES string of the molecule is CCCO/C(C)=N/C=C(\CC)C1=NN(Cc2cnc(CC)s2)C(=O)CC1. The van der Waals surface area contributed by atoms with Gasteiger partial charge in [0.05, 0.1) is 23.9 Å². The first kappa shape index (κ1) is 20.3. The van der Waals surface area contributed by atoms with Crippen molar-refractivity contribution in [3.05, 3.63) is 27.9 Å². The maximum Gasteiger partial charge on any atom is 0.243 e. The predicted molar refractivity (Wildman–Crippen MR) is 106 cm³/mol. The summed E-state index contributed by atoms with van der Waals surface area (Å²) in [7, 11) is 0. The molecule has 1 aromatic rings. The fourth-order valence-corrected chi connectivity index (χ4v) is 3.36. The molecule has 2 heterocycles. The highest BCUT2D eigenvalue weighted by Crippen LogP contribution is 2.21. The molecule has 0 spiro atoms. The summed E-state index contributed by atoms with van der Waals surface area (Å²) in [5.41, 5.74) is 1.97. The molecule has 26 heavy (non-hydrogen) atoms. The van der Waals surface area contributed by atoms with E-state index in [2.05, 4.69) is 35.8 Å². The Balaban J connectivity index is 2.14. The van der Waals surface area contributed by atoms with Crippen molar-refractivity contribution in [2.24, 2.45) is 10.1 Å². The molecule has 1 aliphatic heterocycles. The maximum atomic E-state index is 12.3. The van der Waals surface area contributed by atoms with Gasteiger partial charge in [0, 0.05) is 37.0 Å². The lowest BCUT2D eigenvalue weighted by atomic mass is 10.0. The van der Waals surface area contributed by atoms with Crippen molar-refractivity contribution in [3.8, 4) is 0 Å². The number of aromatic nitrogens is 1. The van der Waals surface area contributed by atoms with E-state index in [1.54, 1.807) is 16.3 Å². The Hall–Kier alpha value is -2.02. The van der Waals surface area contributed by atoms with E-state index >= 15 is 0 Å². The molecule has 0 aromatic carbocycles. The number of carbonyl (C=O) groups is 1. The molecule has 142 valence electrons. The summed E-state index contributed by atoms with van der Waals surface area (Å²) in [6, 6.07) is 0. The molecule has 0 atom stereocenters. The van der Waals surface area contributed by atoms with Gasteiger partial charge in [0.25, 0.3) is 0 Å². The number of aryl methyl sites for hydroxylation is 1. The Kier molecular flexibility index (Phi) is 7.97. The molecular weight excluding hydrogens is 348 g/mol. The van der Waals surface area contributed by atoms with Crippen LogP contribution in [0.5, 0.6) is 0 Å². The molecule has 0 N–H and O–H groups in total. The van der Waals surface area contributed by atoms with Crippen LogP contribution in [0.15, 0.2) is 28.1 Å². The van der Waals surface area contributed by atoms with Gasteiger partial charge in [-0.2, -0.15) is 5.10 Å². The van der Waals surface area contributed by atoms with Crippen LogP contribution in [0, 0.1) is 0 Å². The highest BCUT2D eigenvalue weighted by Gasteiger charge is 2.22. The molecule has 2 rings (SSSR count). The zero-order valence-electron chi connectivity index (χ0n) is 16.1. The van der Waals surface area contributed by atoms with Gasteiger partial charge in [-0.1, -0.05) is 20.8 Å². The molecule has 7 heteroatoms. The van der Waals surface area contributed by atoms with E-state index in [-0.39, 0.29) is 5.91 Å². The standard InChI is InChI=1S/C19H28N4O2S/c1-5-10-25-14(4)20-11-15(6-2)17-8-9-19(24)23(22-17)13-16-12-21-18(7-3)26-16/h11-12H,5-10,13H2,1-4H3/b15-11+,20-14+. The lowest BCUT2D eigenvalue weighted by Gasteiger charge is -2.23. The topological polar surface area (TPSA) is 67.2 Å². The number of hydrogen-bond acceptors (Lipinski definition) is 6. The second kappa shape index (κ2) is 10.2. The number of nitrogens with zero attached hydrogens (tertiary/aromatic N) is 4. The van der Waals surface area contributed by atoms with Crippen LogP contribution < -0.4 is 0 Å². The normalized spacial score (nSPS) is 16.1. The number of amides is 1. The van der Waals surface area contributed by atoms with Gasteiger partial charge in [0.1, 0.15) is 0 Å².